The van der Waals surface area contributed by atoms with Gasteiger partial charge in [-0.25, -0.2) is 5.01 Å². The van der Waals surface area contributed by atoms with Gasteiger partial charge in [-0.15, -0.1) is 0 Å². The molecule has 0 radical (unpaired) electrons. The van der Waals surface area contributed by atoms with Crippen LogP contribution in [0.3, 0.4) is 0 Å². The van der Waals surface area contributed by atoms with E-state index < -0.39 is 0 Å². The van der Waals surface area contributed by atoms with Crippen molar-refractivity contribution in [1.82, 2.24) is 15.1 Å². The molecule has 0 aliphatic carbocycles. The summed E-state index contributed by atoms with van der Waals surface area (Å²) in [6.07, 6.45) is 0.549. The molecule has 2 aromatic rings. The third-order valence-electron chi connectivity index (χ3n) is 6.33. The van der Waals surface area contributed by atoms with Crippen LogP contribution in [0.1, 0.15) is 39.9 Å². The van der Waals surface area contributed by atoms with Crippen molar-refractivity contribution in [1.29, 1.82) is 0 Å². The Morgan fingerprint density at radius 2 is 1.68 bits per heavy atom. The minimum Gasteiger partial charge on any atom is -0.347 e. The Hall–Kier alpha value is -3.52. The van der Waals surface area contributed by atoms with Crippen LogP contribution in [0.25, 0.3) is 0 Å². The van der Waals surface area contributed by atoms with Crippen LogP contribution in [0.5, 0.6) is 0 Å². The van der Waals surface area contributed by atoms with Gasteiger partial charge >= 0.3 is 0 Å². The highest BCUT2D eigenvalue weighted by molar-refractivity contribution is 6.40. The number of nitrogens with one attached hydrogen (secondary N) is 1. The summed E-state index contributed by atoms with van der Waals surface area (Å²) >= 11 is 0. The first-order valence-electron chi connectivity index (χ1n) is 11.6. The minimum absolute atomic E-state index is 0.0384. The summed E-state index contributed by atoms with van der Waals surface area (Å²) < 4.78 is 0. The number of aryl methyl sites for hydroxylation is 2. The second-order valence-corrected chi connectivity index (χ2v) is 9.02. The Morgan fingerprint density at radius 1 is 0.971 bits per heavy atom. The third-order valence-corrected chi connectivity index (χ3v) is 6.33. The van der Waals surface area contributed by atoms with E-state index in [0.717, 1.165) is 42.9 Å². The second-order valence-electron chi connectivity index (χ2n) is 9.02. The van der Waals surface area contributed by atoms with Gasteiger partial charge in [0.15, 0.2) is 0 Å². The van der Waals surface area contributed by atoms with Gasteiger partial charge in [0.25, 0.3) is 11.8 Å². The molecule has 178 valence electrons. The quantitative estimate of drug-likeness (QED) is 0.741. The van der Waals surface area contributed by atoms with Crippen LogP contribution in [-0.4, -0.2) is 66.5 Å². The van der Waals surface area contributed by atoms with E-state index in [9.17, 15) is 14.4 Å². The molecule has 8 nitrogen and oxygen atoms in total. The number of rotatable bonds is 5. The highest BCUT2D eigenvalue weighted by atomic mass is 16.2. The lowest BCUT2D eigenvalue weighted by molar-refractivity contribution is -0.119. The van der Waals surface area contributed by atoms with Crippen LogP contribution in [0.2, 0.25) is 0 Å². The van der Waals surface area contributed by atoms with E-state index in [1.54, 1.807) is 12.1 Å². The van der Waals surface area contributed by atoms with E-state index in [1.807, 2.05) is 49.1 Å². The summed E-state index contributed by atoms with van der Waals surface area (Å²) in [7, 11) is 2.06. The van der Waals surface area contributed by atoms with Crippen molar-refractivity contribution in [2.75, 3.05) is 38.2 Å². The van der Waals surface area contributed by atoms with Gasteiger partial charge in [-0.05, 0) is 55.8 Å². The molecule has 8 heteroatoms. The van der Waals surface area contributed by atoms with Gasteiger partial charge in [0.2, 0.25) is 5.91 Å². The van der Waals surface area contributed by atoms with Gasteiger partial charge in [0.1, 0.15) is 5.71 Å². The van der Waals surface area contributed by atoms with E-state index in [2.05, 4.69) is 22.4 Å². The maximum Gasteiger partial charge on any atom is 0.267 e. The van der Waals surface area contributed by atoms with Crippen molar-refractivity contribution in [3.05, 3.63) is 64.7 Å². The number of carbonyl (C=O) groups is 3. The molecule has 4 rings (SSSR count). The molecular formula is C26H31N5O3. The summed E-state index contributed by atoms with van der Waals surface area (Å²) in [6, 6.07) is 13.2. The zero-order valence-electron chi connectivity index (χ0n) is 20.0. The molecule has 1 saturated heterocycles. The van der Waals surface area contributed by atoms with Crippen molar-refractivity contribution >= 4 is 29.1 Å². The molecule has 34 heavy (non-hydrogen) atoms. The number of hydrazone groups is 1. The van der Waals surface area contributed by atoms with E-state index in [0.29, 0.717) is 29.9 Å². The molecule has 0 spiro atoms. The lowest BCUT2D eigenvalue weighted by Gasteiger charge is -2.32. The van der Waals surface area contributed by atoms with Gasteiger partial charge in [-0.1, -0.05) is 24.3 Å². The Balaban J connectivity index is 1.38. The SMILES string of the molecule is Cc1ccc(C)c(N2N=C(C(=O)NCc3ccc(C(=O)N4CCN(C)CC4)cc3)CCC2=O)c1. The number of likely N-dealkylation sites (N-methyl/N-ethyl adjacent to an activating group) is 1. The number of hydrogen-bond acceptors (Lipinski definition) is 5. The van der Waals surface area contributed by atoms with Crippen molar-refractivity contribution in [2.45, 2.75) is 33.2 Å². The summed E-state index contributed by atoms with van der Waals surface area (Å²) in [5, 5.41) is 8.61. The fourth-order valence-electron chi connectivity index (χ4n) is 4.09. The van der Waals surface area contributed by atoms with Crippen LogP contribution >= 0.6 is 0 Å². The second kappa shape index (κ2) is 10.2. The molecule has 2 aliphatic rings. The molecule has 2 aromatic carbocycles. The number of nitrogens with zero attached hydrogens (tertiary/aromatic N) is 4. The molecule has 0 unspecified atom stereocenters. The fraction of sp³-hybridized carbons (Fsp3) is 0.385. The smallest absolute Gasteiger partial charge is 0.267 e. The Labute approximate surface area is 200 Å². The summed E-state index contributed by atoms with van der Waals surface area (Å²) in [6.45, 7) is 7.42. The Morgan fingerprint density at radius 3 is 2.38 bits per heavy atom. The average Bonchev–Trinajstić information content (AvgIpc) is 2.85. The Kier molecular flexibility index (Phi) is 7.07. The van der Waals surface area contributed by atoms with E-state index in [4.69, 9.17) is 0 Å². The third kappa shape index (κ3) is 5.34. The van der Waals surface area contributed by atoms with Gasteiger partial charge in [0, 0.05) is 51.1 Å². The predicted molar refractivity (Wildman–Crippen MR) is 132 cm³/mol. The summed E-state index contributed by atoms with van der Waals surface area (Å²) in [5.74, 6) is -0.373. The maximum absolute atomic E-state index is 12.8. The summed E-state index contributed by atoms with van der Waals surface area (Å²) in [5.41, 5.74) is 4.53. The highest BCUT2D eigenvalue weighted by Crippen LogP contribution is 2.25. The standard InChI is InChI=1S/C26H31N5O3/c1-18-4-5-19(2)23(16-18)31-24(32)11-10-22(28-31)25(33)27-17-20-6-8-21(9-7-20)26(34)30-14-12-29(3)13-15-30/h4-9,16H,10-15,17H2,1-3H3,(H,27,33). The first-order chi connectivity index (χ1) is 16.3. The highest BCUT2D eigenvalue weighted by Gasteiger charge is 2.26. The van der Waals surface area contributed by atoms with E-state index >= 15 is 0 Å². The fourth-order valence-corrected chi connectivity index (χ4v) is 4.09. The zero-order valence-corrected chi connectivity index (χ0v) is 20.0. The average molecular weight is 462 g/mol. The molecule has 2 heterocycles. The lowest BCUT2D eigenvalue weighted by atomic mass is 10.1. The van der Waals surface area contributed by atoms with Crippen LogP contribution in [0.15, 0.2) is 47.6 Å². The van der Waals surface area contributed by atoms with Crippen LogP contribution < -0.4 is 10.3 Å². The Bertz CT molecular complexity index is 1120. The largest absolute Gasteiger partial charge is 0.347 e. The number of benzene rings is 2. The number of piperazine rings is 1. The molecule has 0 bridgehead atoms. The summed E-state index contributed by atoms with van der Waals surface area (Å²) in [4.78, 5) is 42.0. The first kappa shape index (κ1) is 23.6. The van der Waals surface area contributed by atoms with Crippen LogP contribution in [0, 0.1) is 13.8 Å². The molecule has 2 aliphatic heterocycles. The van der Waals surface area contributed by atoms with Crippen molar-refractivity contribution in [3.63, 3.8) is 0 Å². The molecule has 1 N–H and O–H groups in total. The lowest BCUT2D eigenvalue weighted by Crippen LogP contribution is -2.47. The molecule has 0 saturated carbocycles. The van der Waals surface area contributed by atoms with Crippen molar-refractivity contribution in [2.24, 2.45) is 5.10 Å². The molecule has 0 atom stereocenters. The monoisotopic (exact) mass is 461 g/mol. The molecule has 0 aromatic heterocycles. The van der Waals surface area contributed by atoms with Gasteiger partial charge in [0.05, 0.1) is 5.69 Å². The van der Waals surface area contributed by atoms with Crippen molar-refractivity contribution < 1.29 is 14.4 Å². The number of carbonyl (C=O) groups excluding carboxylic acids is 3. The topological polar surface area (TPSA) is 85.3 Å². The van der Waals surface area contributed by atoms with E-state index in [-0.39, 0.29) is 24.1 Å². The van der Waals surface area contributed by atoms with Crippen LogP contribution in [-0.2, 0) is 16.1 Å². The normalized spacial score (nSPS) is 16.9. The minimum atomic E-state index is -0.291. The first-order valence-corrected chi connectivity index (χ1v) is 11.6. The van der Waals surface area contributed by atoms with Gasteiger partial charge in [-0.2, -0.15) is 5.10 Å². The number of amides is 3. The maximum atomic E-state index is 12.8. The van der Waals surface area contributed by atoms with Crippen LogP contribution in [0.4, 0.5) is 5.69 Å². The zero-order chi connectivity index (χ0) is 24.2. The molecule has 3 amide bonds. The number of anilines is 1. The number of hydrogen-bond donors (Lipinski definition) is 1. The van der Waals surface area contributed by atoms with E-state index in [1.165, 1.54) is 5.01 Å². The van der Waals surface area contributed by atoms with Crippen molar-refractivity contribution in [3.8, 4) is 0 Å². The van der Waals surface area contributed by atoms with Gasteiger partial charge < -0.3 is 15.1 Å². The molecule has 1 fully saturated rings. The molecular weight excluding hydrogens is 430 g/mol. The van der Waals surface area contributed by atoms with Gasteiger partial charge in [-0.3, -0.25) is 14.4 Å². The predicted octanol–water partition coefficient (Wildman–Crippen LogP) is 2.49.